The van der Waals surface area contributed by atoms with Crippen LogP contribution in [0.2, 0.25) is 0 Å². The number of hydrogen-bond acceptors (Lipinski definition) is 6. The maximum atomic E-state index is 13.3. The van der Waals surface area contributed by atoms with Crippen LogP contribution in [0.5, 0.6) is 11.5 Å². The summed E-state index contributed by atoms with van der Waals surface area (Å²) in [4.78, 5) is 28.9. The average Bonchev–Trinajstić information content (AvgIpc) is 2.95. The molecule has 1 amide bonds. The molecule has 37 heavy (non-hydrogen) atoms. The van der Waals surface area contributed by atoms with E-state index in [9.17, 15) is 9.59 Å². The molecule has 0 fully saturated rings. The lowest BCUT2D eigenvalue weighted by Crippen LogP contribution is -2.32. The zero-order valence-corrected chi connectivity index (χ0v) is 21.4. The van der Waals surface area contributed by atoms with E-state index in [1.165, 1.54) is 24.5 Å². The number of benzene rings is 3. The van der Waals surface area contributed by atoms with Crippen molar-refractivity contribution in [2.75, 3.05) is 33.9 Å². The standard InChI is InChI=1S/C29H32N4O4/c1-4-32(20-21-11-6-5-7-12-21)16-10-15-30-28(34)27-25-13-8-9-14-26(25)29(35)33(31-27)22-17-23(36-2)19-24(18-22)37-3/h5-9,11-14,17-19H,4,10,15-16,20H2,1-3H3,(H,30,34). The van der Waals surface area contributed by atoms with Gasteiger partial charge in [-0.05, 0) is 24.6 Å². The van der Waals surface area contributed by atoms with Crippen LogP contribution in [-0.4, -0.2) is 54.4 Å². The van der Waals surface area contributed by atoms with Gasteiger partial charge in [-0.1, -0.05) is 55.5 Å². The lowest BCUT2D eigenvalue weighted by atomic mass is 10.1. The molecule has 4 aromatic rings. The monoisotopic (exact) mass is 500 g/mol. The predicted octanol–water partition coefficient (Wildman–Crippen LogP) is 4.04. The van der Waals surface area contributed by atoms with Crippen LogP contribution in [0.3, 0.4) is 0 Å². The van der Waals surface area contributed by atoms with Crippen molar-refractivity contribution in [3.05, 3.63) is 94.4 Å². The molecular weight excluding hydrogens is 468 g/mol. The lowest BCUT2D eigenvalue weighted by molar-refractivity contribution is 0.0946. The third-order valence-electron chi connectivity index (χ3n) is 6.23. The molecule has 4 rings (SSSR count). The highest BCUT2D eigenvalue weighted by molar-refractivity contribution is 6.04. The number of fused-ring (bicyclic) bond motifs is 1. The Morgan fingerprint density at radius 1 is 0.946 bits per heavy atom. The minimum atomic E-state index is -0.332. The molecule has 0 unspecified atom stereocenters. The third kappa shape index (κ3) is 6.16. The number of hydrogen-bond donors (Lipinski definition) is 1. The van der Waals surface area contributed by atoms with Crippen molar-refractivity contribution in [2.24, 2.45) is 0 Å². The Kier molecular flexibility index (Phi) is 8.53. The second-order valence-corrected chi connectivity index (χ2v) is 8.65. The Labute approximate surface area is 216 Å². The van der Waals surface area contributed by atoms with Crippen LogP contribution in [0.1, 0.15) is 29.4 Å². The quantitative estimate of drug-likeness (QED) is 0.313. The summed E-state index contributed by atoms with van der Waals surface area (Å²) in [6.45, 7) is 5.26. The van der Waals surface area contributed by atoms with Crippen molar-refractivity contribution in [3.63, 3.8) is 0 Å². The van der Waals surface area contributed by atoms with Gasteiger partial charge in [0.05, 0.1) is 25.3 Å². The topological polar surface area (TPSA) is 85.7 Å². The van der Waals surface area contributed by atoms with Gasteiger partial charge < -0.3 is 14.8 Å². The Bertz CT molecular complexity index is 1400. The van der Waals surface area contributed by atoms with Crippen LogP contribution in [0.15, 0.2) is 77.6 Å². The highest BCUT2D eigenvalue weighted by Gasteiger charge is 2.18. The fourth-order valence-electron chi connectivity index (χ4n) is 4.23. The van der Waals surface area contributed by atoms with Crippen molar-refractivity contribution >= 4 is 16.7 Å². The zero-order chi connectivity index (χ0) is 26.2. The molecule has 0 spiro atoms. The van der Waals surface area contributed by atoms with E-state index in [4.69, 9.17) is 9.47 Å². The summed E-state index contributed by atoms with van der Waals surface area (Å²) in [5.41, 5.74) is 1.57. The van der Waals surface area contributed by atoms with E-state index in [1.807, 2.05) is 18.2 Å². The lowest BCUT2D eigenvalue weighted by Gasteiger charge is -2.20. The van der Waals surface area contributed by atoms with Crippen molar-refractivity contribution in [3.8, 4) is 17.2 Å². The number of methoxy groups -OCH3 is 2. The summed E-state index contributed by atoms with van der Waals surface area (Å²) >= 11 is 0. The number of ether oxygens (including phenoxy) is 2. The summed E-state index contributed by atoms with van der Waals surface area (Å²) < 4.78 is 11.9. The molecule has 0 atom stereocenters. The fraction of sp³-hybridized carbons (Fsp3) is 0.276. The first-order valence-electron chi connectivity index (χ1n) is 12.3. The first kappa shape index (κ1) is 25.9. The van der Waals surface area contributed by atoms with Crippen LogP contribution < -0.4 is 20.3 Å². The summed E-state index contributed by atoms with van der Waals surface area (Å²) in [6, 6.07) is 22.4. The number of carbonyl (C=O) groups is 1. The maximum Gasteiger partial charge on any atom is 0.279 e. The molecule has 0 radical (unpaired) electrons. The summed E-state index contributed by atoms with van der Waals surface area (Å²) in [5, 5.41) is 8.38. The van der Waals surface area contributed by atoms with E-state index >= 15 is 0 Å². The number of amides is 1. The highest BCUT2D eigenvalue weighted by atomic mass is 16.5. The van der Waals surface area contributed by atoms with Crippen LogP contribution in [-0.2, 0) is 6.54 Å². The molecule has 1 N–H and O–H groups in total. The molecular formula is C29H32N4O4. The fourth-order valence-corrected chi connectivity index (χ4v) is 4.23. The minimum absolute atomic E-state index is 0.189. The molecule has 192 valence electrons. The largest absolute Gasteiger partial charge is 0.497 e. The maximum absolute atomic E-state index is 13.3. The smallest absolute Gasteiger partial charge is 0.279 e. The second kappa shape index (κ2) is 12.2. The molecule has 1 aromatic heterocycles. The molecule has 0 aliphatic rings. The first-order chi connectivity index (χ1) is 18.0. The molecule has 8 nitrogen and oxygen atoms in total. The van der Waals surface area contributed by atoms with E-state index in [1.54, 1.807) is 42.5 Å². The van der Waals surface area contributed by atoms with E-state index in [0.29, 0.717) is 34.5 Å². The molecule has 0 saturated heterocycles. The normalized spacial score (nSPS) is 11.0. The van der Waals surface area contributed by atoms with Gasteiger partial charge >= 0.3 is 0 Å². The van der Waals surface area contributed by atoms with Crippen molar-refractivity contribution in [2.45, 2.75) is 19.9 Å². The molecule has 0 aliphatic heterocycles. The van der Waals surface area contributed by atoms with E-state index in [2.05, 4.69) is 34.4 Å². The van der Waals surface area contributed by atoms with Crippen molar-refractivity contribution in [1.29, 1.82) is 0 Å². The number of nitrogens with one attached hydrogen (secondary N) is 1. The summed E-state index contributed by atoms with van der Waals surface area (Å²) in [5.74, 6) is 0.697. The highest BCUT2D eigenvalue weighted by Crippen LogP contribution is 2.25. The van der Waals surface area contributed by atoms with Crippen molar-refractivity contribution in [1.82, 2.24) is 20.0 Å². The SMILES string of the molecule is CCN(CCCNC(=O)c1nn(-c2cc(OC)cc(OC)c2)c(=O)c2ccccc12)Cc1ccccc1. The van der Waals surface area contributed by atoms with E-state index in [0.717, 1.165) is 26.1 Å². The van der Waals surface area contributed by atoms with Gasteiger partial charge in [0, 0.05) is 43.2 Å². The zero-order valence-electron chi connectivity index (χ0n) is 21.4. The van der Waals surface area contributed by atoms with Gasteiger partial charge in [0.2, 0.25) is 0 Å². The number of carbonyl (C=O) groups excluding carboxylic acids is 1. The summed E-state index contributed by atoms with van der Waals surface area (Å²) in [6.07, 6.45) is 0.789. The first-order valence-corrected chi connectivity index (χ1v) is 12.3. The van der Waals surface area contributed by atoms with Crippen LogP contribution >= 0.6 is 0 Å². The predicted molar refractivity (Wildman–Crippen MR) is 145 cm³/mol. The molecule has 1 heterocycles. The van der Waals surface area contributed by atoms with Gasteiger partial charge in [-0.15, -0.1) is 0 Å². The van der Waals surface area contributed by atoms with E-state index < -0.39 is 0 Å². The average molecular weight is 501 g/mol. The number of nitrogens with zero attached hydrogens (tertiary/aromatic N) is 3. The van der Waals surface area contributed by atoms with Gasteiger partial charge in [-0.25, -0.2) is 0 Å². The molecule has 0 saturated carbocycles. The number of rotatable bonds is 11. The Hall–Kier alpha value is -4.17. The Morgan fingerprint density at radius 2 is 1.59 bits per heavy atom. The third-order valence-corrected chi connectivity index (χ3v) is 6.23. The van der Waals surface area contributed by atoms with Gasteiger partial charge in [0.25, 0.3) is 11.5 Å². The van der Waals surface area contributed by atoms with Crippen molar-refractivity contribution < 1.29 is 14.3 Å². The van der Waals surface area contributed by atoms with Gasteiger partial charge in [-0.3, -0.25) is 14.5 Å². The van der Waals surface area contributed by atoms with Crippen LogP contribution in [0, 0.1) is 0 Å². The van der Waals surface area contributed by atoms with E-state index in [-0.39, 0.29) is 17.2 Å². The Morgan fingerprint density at radius 3 is 2.24 bits per heavy atom. The molecule has 3 aromatic carbocycles. The summed E-state index contributed by atoms with van der Waals surface area (Å²) in [7, 11) is 3.07. The van der Waals surface area contributed by atoms with Gasteiger partial charge in [0.1, 0.15) is 11.5 Å². The van der Waals surface area contributed by atoms with Gasteiger partial charge in [0.15, 0.2) is 5.69 Å². The molecule has 0 aliphatic carbocycles. The molecule has 8 heteroatoms. The van der Waals surface area contributed by atoms with Crippen LogP contribution in [0.4, 0.5) is 0 Å². The Balaban J connectivity index is 1.54. The second-order valence-electron chi connectivity index (χ2n) is 8.65. The minimum Gasteiger partial charge on any atom is -0.497 e. The number of aromatic nitrogens is 2. The van der Waals surface area contributed by atoms with Crippen LogP contribution in [0.25, 0.3) is 16.5 Å². The van der Waals surface area contributed by atoms with Gasteiger partial charge in [-0.2, -0.15) is 9.78 Å². The molecule has 0 bridgehead atoms.